The minimum Gasteiger partial charge on any atom is -0.376 e. The van der Waals surface area contributed by atoms with Crippen LogP contribution in [0.25, 0.3) is 0 Å². The topological polar surface area (TPSA) is 21.3 Å². The van der Waals surface area contributed by atoms with Crippen LogP contribution in [0.1, 0.15) is 17.2 Å². The predicted octanol–water partition coefficient (Wildman–Crippen LogP) is 3.51. The average molecular weight is 243 g/mol. The summed E-state index contributed by atoms with van der Waals surface area (Å²) >= 11 is 0. The molecule has 1 aliphatic heterocycles. The molecule has 1 unspecified atom stereocenters. The van der Waals surface area contributed by atoms with Gasteiger partial charge in [0.15, 0.2) is 0 Å². The molecule has 2 aromatic carbocycles. The van der Waals surface area contributed by atoms with Crippen LogP contribution in [0.5, 0.6) is 0 Å². The Morgan fingerprint density at radius 3 is 2.67 bits per heavy atom. The first kappa shape index (κ1) is 11.2. The maximum Gasteiger partial charge on any atom is 0.123 e. The summed E-state index contributed by atoms with van der Waals surface area (Å²) in [5, 5.41) is 3.37. The minimum atomic E-state index is -0.221. The highest BCUT2D eigenvalue weighted by atomic mass is 19.1. The molecule has 2 nitrogen and oxygen atoms in total. The molecule has 1 heterocycles. The molecular formula is C15H14FNO. The van der Waals surface area contributed by atoms with Gasteiger partial charge in [-0.1, -0.05) is 24.3 Å². The summed E-state index contributed by atoms with van der Waals surface area (Å²) in [5.74, 6) is -0.221. The van der Waals surface area contributed by atoms with Crippen LogP contribution >= 0.6 is 0 Å². The Balaban J connectivity index is 1.84. The normalized spacial score (nSPS) is 18.2. The van der Waals surface area contributed by atoms with E-state index in [9.17, 15) is 4.39 Å². The van der Waals surface area contributed by atoms with E-state index in [2.05, 4.69) is 17.4 Å². The monoisotopic (exact) mass is 243 g/mol. The van der Waals surface area contributed by atoms with Crippen LogP contribution in [0.3, 0.4) is 0 Å². The van der Waals surface area contributed by atoms with Crippen LogP contribution in [0.15, 0.2) is 48.5 Å². The van der Waals surface area contributed by atoms with E-state index in [1.54, 1.807) is 12.1 Å². The lowest BCUT2D eigenvalue weighted by molar-refractivity contribution is 0.0970. The number of ether oxygens (including phenoxy) is 1. The summed E-state index contributed by atoms with van der Waals surface area (Å²) in [6.45, 7) is 1.30. The number of halogens is 1. The van der Waals surface area contributed by atoms with E-state index in [4.69, 9.17) is 4.74 Å². The predicted molar refractivity (Wildman–Crippen MR) is 68.9 cm³/mol. The van der Waals surface area contributed by atoms with Crippen molar-refractivity contribution in [1.29, 1.82) is 0 Å². The third-order valence-corrected chi connectivity index (χ3v) is 3.16. The van der Waals surface area contributed by atoms with E-state index in [1.165, 1.54) is 23.3 Å². The Morgan fingerprint density at radius 1 is 1.06 bits per heavy atom. The van der Waals surface area contributed by atoms with Crippen molar-refractivity contribution in [3.05, 3.63) is 65.5 Å². The Kier molecular flexibility index (Phi) is 2.99. The van der Waals surface area contributed by atoms with Gasteiger partial charge < -0.3 is 10.1 Å². The summed E-state index contributed by atoms with van der Waals surface area (Å²) < 4.78 is 18.4. The summed E-state index contributed by atoms with van der Waals surface area (Å²) in [4.78, 5) is 0. The number of anilines is 1. The summed E-state index contributed by atoms with van der Waals surface area (Å²) in [6.07, 6.45) is 0. The molecule has 3 rings (SSSR count). The van der Waals surface area contributed by atoms with Gasteiger partial charge in [0.1, 0.15) is 5.82 Å². The quantitative estimate of drug-likeness (QED) is 0.871. The lowest BCUT2D eigenvalue weighted by Gasteiger charge is -2.27. The van der Waals surface area contributed by atoms with Crippen molar-refractivity contribution in [3.8, 4) is 0 Å². The van der Waals surface area contributed by atoms with Crippen molar-refractivity contribution < 1.29 is 9.13 Å². The van der Waals surface area contributed by atoms with Crippen molar-refractivity contribution in [1.82, 2.24) is 0 Å². The Morgan fingerprint density at radius 2 is 1.83 bits per heavy atom. The van der Waals surface area contributed by atoms with Crippen molar-refractivity contribution in [2.75, 3.05) is 11.9 Å². The maximum absolute atomic E-state index is 12.9. The second kappa shape index (κ2) is 4.78. The Bertz CT molecular complexity index is 538. The van der Waals surface area contributed by atoms with Crippen molar-refractivity contribution in [2.24, 2.45) is 0 Å². The van der Waals surface area contributed by atoms with Crippen LogP contribution in [-0.2, 0) is 11.3 Å². The van der Waals surface area contributed by atoms with Crippen LogP contribution in [0.2, 0.25) is 0 Å². The number of nitrogens with one attached hydrogen (secondary N) is 1. The van der Waals surface area contributed by atoms with Gasteiger partial charge in [-0.05, 0) is 35.4 Å². The molecule has 18 heavy (non-hydrogen) atoms. The van der Waals surface area contributed by atoms with E-state index in [0.29, 0.717) is 13.2 Å². The molecule has 0 saturated carbocycles. The number of fused-ring (bicyclic) bond motifs is 1. The largest absolute Gasteiger partial charge is 0.376 e. The fourth-order valence-corrected chi connectivity index (χ4v) is 2.25. The first-order chi connectivity index (χ1) is 8.83. The van der Waals surface area contributed by atoms with E-state index >= 15 is 0 Å². The molecule has 1 N–H and O–H groups in total. The van der Waals surface area contributed by atoms with E-state index < -0.39 is 0 Å². The fraction of sp³-hybridized carbons (Fsp3) is 0.200. The van der Waals surface area contributed by atoms with Crippen LogP contribution < -0.4 is 5.32 Å². The summed E-state index contributed by atoms with van der Waals surface area (Å²) in [5.41, 5.74) is 3.37. The number of rotatable bonds is 2. The summed E-state index contributed by atoms with van der Waals surface area (Å²) in [6, 6.07) is 14.8. The molecular weight excluding hydrogens is 229 g/mol. The second-order valence-corrected chi connectivity index (χ2v) is 4.42. The first-order valence-corrected chi connectivity index (χ1v) is 6.00. The molecule has 0 saturated heterocycles. The second-order valence-electron chi connectivity index (χ2n) is 4.42. The average Bonchev–Trinajstić information content (AvgIpc) is 2.42. The zero-order chi connectivity index (χ0) is 12.4. The number of benzene rings is 2. The van der Waals surface area contributed by atoms with Gasteiger partial charge in [-0.2, -0.15) is 0 Å². The molecule has 2 aromatic rings. The van der Waals surface area contributed by atoms with E-state index in [-0.39, 0.29) is 11.9 Å². The van der Waals surface area contributed by atoms with Gasteiger partial charge in [-0.15, -0.1) is 0 Å². The first-order valence-electron chi connectivity index (χ1n) is 6.00. The standard InChI is InChI=1S/C15H14FNO/c16-12-5-7-13(8-6-12)17-15-10-18-9-11-3-1-2-4-14(11)15/h1-8,15,17H,9-10H2. The molecule has 0 bridgehead atoms. The van der Waals surface area contributed by atoms with Gasteiger partial charge in [0.05, 0.1) is 19.3 Å². The van der Waals surface area contributed by atoms with Crippen molar-refractivity contribution in [3.63, 3.8) is 0 Å². The highest BCUT2D eigenvalue weighted by Crippen LogP contribution is 2.27. The Labute approximate surface area is 105 Å². The van der Waals surface area contributed by atoms with E-state index in [1.807, 2.05) is 12.1 Å². The fourth-order valence-electron chi connectivity index (χ4n) is 2.25. The Hall–Kier alpha value is -1.87. The van der Waals surface area contributed by atoms with Gasteiger partial charge in [0.25, 0.3) is 0 Å². The summed E-state index contributed by atoms with van der Waals surface area (Å²) in [7, 11) is 0. The number of hydrogen-bond acceptors (Lipinski definition) is 2. The lowest BCUT2D eigenvalue weighted by Crippen LogP contribution is -2.23. The highest BCUT2D eigenvalue weighted by Gasteiger charge is 2.19. The zero-order valence-electron chi connectivity index (χ0n) is 9.90. The minimum absolute atomic E-state index is 0.125. The third-order valence-electron chi connectivity index (χ3n) is 3.16. The van der Waals surface area contributed by atoms with Gasteiger partial charge in [-0.25, -0.2) is 4.39 Å². The zero-order valence-corrected chi connectivity index (χ0v) is 9.90. The van der Waals surface area contributed by atoms with Crippen LogP contribution in [0, 0.1) is 5.82 Å². The van der Waals surface area contributed by atoms with Gasteiger partial charge in [0.2, 0.25) is 0 Å². The molecule has 0 aliphatic carbocycles. The molecule has 3 heteroatoms. The van der Waals surface area contributed by atoms with E-state index in [0.717, 1.165) is 5.69 Å². The molecule has 1 atom stereocenters. The molecule has 0 spiro atoms. The maximum atomic E-state index is 12.9. The molecule has 0 aromatic heterocycles. The molecule has 0 fully saturated rings. The number of hydrogen-bond donors (Lipinski definition) is 1. The van der Waals surface area contributed by atoms with Crippen LogP contribution in [-0.4, -0.2) is 6.61 Å². The third kappa shape index (κ3) is 2.22. The molecule has 92 valence electrons. The SMILES string of the molecule is Fc1ccc(NC2COCc3ccccc32)cc1. The van der Waals surface area contributed by atoms with Gasteiger partial charge in [-0.3, -0.25) is 0 Å². The lowest BCUT2D eigenvalue weighted by atomic mass is 9.99. The smallest absolute Gasteiger partial charge is 0.123 e. The van der Waals surface area contributed by atoms with Gasteiger partial charge >= 0.3 is 0 Å². The van der Waals surface area contributed by atoms with Crippen molar-refractivity contribution in [2.45, 2.75) is 12.6 Å². The molecule has 1 aliphatic rings. The molecule has 0 amide bonds. The molecule has 0 radical (unpaired) electrons. The highest BCUT2D eigenvalue weighted by molar-refractivity contribution is 5.47. The van der Waals surface area contributed by atoms with Crippen molar-refractivity contribution >= 4 is 5.69 Å². The van der Waals surface area contributed by atoms with Gasteiger partial charge in [0, 0.05) is 5.69 Å². The van der Waals surface area contributed by atoms with Crippen LogP contribution in [0.4, 0.5) is 10.1 Å².